The second-order valence-electron chi connectivity index (χ2n) is 3.80. The molecule has 96 valence electrons. The van der Waals surface area contributed by atoms with Crippen molar-refractivity contribution in [2.45, 2.75) is 18.4 Å². The van der Waals surface area contributed by atoms with Crippen LogP contribution in [-0.4, -0.2) is 25.8 Å². The van der Waals surface area contributed by atoms with E-state index in [9.17, 15) is 0 Å². The number of aryl methyl sites for hydroxylation is 1. The summed E-state index contributed by atoms with van der Waals surface area (Å²) in [5.41, 5.74) is 2.54. The minimum Gasteiger partial charge on any atom is -0.352 e. The van der Waals surface area contributed by atoms with E-state index in [1.807, 2.05) is 0 Å². The SMILES string of the molecule is C#CCNC(=NC)NCc1ccc(C)cc1SC. The van der Waals surface area contributed by atoms with Crippen molar-refractivity contribution in [1.82, 2.24) is 10.6 Å². The number of aliphatic imine (C=N–C) groups is 1. The molecule has 1 rings (SSSR count). The smallest absolute Gasteiger partial charge is 0.192 e. The summed E-state index contributed by atoms with van der Waals surface area (Å²) in [7, 11) is 1.73. The summed E-state index contributed by atoms with van der Waals surface area (Å²) in [4.78, 5) is 5.39. The Morgan fingerprint density at radius 1 is 1.44 bits per heavy atom. The molecule has 0 radical (unpaired) electrons. The van der Waals surface area contributed by atoms with Crippen LogP contribution in [0.3, 0.4) is 0 Å². The maximum atomic E-state index is 5.20. The lowest BCUT2D eigenvalue weighted by Crippen LogP contribution is -2.37. The number of nitrogens with one attached hydrogen (secondary N) is 2. The third-order valence-electron chi connectivity index (χ3n) is 2.47. The predicted molar refractivity (Wildman–Crippen MR) is 80.0 cm³/mol. The molecule has 0 aliphatic rings. The number of hydrogen-bond acceptors (Lipinski definition) is 2. The second kappa shape index (κ2) is 7.67. The number of guanidine groups is 1. The molecule has 0 saturated heterocycles. The minimum atomic E-state index is 0.475. The van der Waals surface area contributed by atoms with E-state index in [-0.39, 0.29) is 0 Å². The Balaban J connectivity index is 2.65. The van der Waals surface area contributed by atoms with Crippen molar-refractivity contribution >= 4 is 17.7 Å². The number of rotatable bonds is 4. The first-order valence-electron chi connectivity index (χ1n) is 5.72. The Morgan fingerprint density at radius 3 is 2.83 bits per heavy atom. The fourth-order valence-electron chi connectivity index (χ4n) is 1.53. The van der Waals surface area contributed by atoms with Gasteiger partial charge < -0.3 is 10.6 Å². The molecule has 0 bridgehead atoms. The lowest BCUT2D eigenvalue weighted by molar-refractivity contribution is 0.837. The first-order chi connectivity index (χ1) is 8.71. The molecule has 0 aliphatic carbocycles. The van der Waals surface area contributed by atoms with Gasteiger partial charge in [0.1, 0.15) is 0 Å². The van der Waals surface area contributed by atoms with Crippen LogP contribution in [0.25, 0.3) is 0 Å². The molecule has 0 spiro atoms. The van der Waals surface area contributed by atoms with Crippen LogP contribution < -0.4 is 10.6 Å². The zero-order valence-corrected chi connectivity index (χ0v) is 11.9. The molecule has 0 fully saturated rings. The average molecular weight is 261 g/mol. The van der Waals surface area contributed by atoms with E-state index < -0.39 is 0 Å². The lowest BCUT2D eigenvalue weighted by Gasteiger charge is -2.12. The third-order valence-corrected chi connectivity index (χ3v) is 3.29. The Bertz CT molecular complexity index is 461. The van der Waals surface area contributed by atoms with Gasteiger partial charge in [-0.15, -0.1) is 18.2 Å². The Hall–Kier alpha value is -1.60. The van der Waals surface area contributed by atoms with Gasteiger partial charge in [-0.1, -0.05) is 18.1 Å². The molecule has 2 N–H and O–H groups in total. The molecular formula is C14H19N3S. The monoisotopic (exact) mass is 261 g/mol. The summed E-state index contributed by atoms with van der Waals surface area (Å²) in [5, 5.41) is 6.28. The highest BCUT2D eigenvalue weighted by atomic mass is 32.2. The third kappa shape index (κ3) is 4.34. The number of thioether (sulfide) groups is 1. The Kier molecular flexibility index (Phi) is 6.16. The fraction of sp³-hybridized carbons (Fsp3) is 0.357. The van der Waals surface area contributed by atoms with Crippen LogP contribution >= 0.6 is 11.8 Å². The molecule has 0 saturated carbocycles. The standard InChI is InChI=1S/C14H19N3S/c1-5-8-16-14(15-3)17-10-12-7-6-11(2)9-13(12)18-4/h1,6-7,9H,8,10H2,2-4H3,(H2,15,16,17). The molecule has 18 heavy (non-hydrogen) atoms. The summed E-state index contributed by atoms with van der Waals surface area (Å²) in [6, 6.07) is 6.45. The largest absolute Gasteiger partial charge is 0.352 e. The van der Waals surface area contributed by atoms with Gasteiger partial charge in [0, 0.05) is 18.5 Å². The van der Waals surface area contributed by atoms with Crippen LogP contribution in [0, 0.1) is 19.3 Å². The number of terminal acetylenes is 1. The molecule has 0 aliphatic heterocycles. The van der Waals surface area contributed by atoms with Crippen molar-refractivity contribution < 1.29 is 0 Å². The van der Waals surface area contributed by atoms with Gasteiger partial charge in [-0.05, 0) is 30.4 Å². The van der Waals surface area contributed by atoms with E-state index in [4.69, 9.17) is 6.42 Å². The van der Waals surface area contributed by atoms with Gasteiger partial charge in [-0.25, -0.2) is 0 Å². The van der Waals surface area contributed by atoms with E-state index in [1.54, 1.807) is 18.8 Å². The van der Waals surface area contributed by atoms with Crippen LogP contribution in [-0.2, 0) is 6.54 Å². The molecule has 4 heteroatoms. The first kappa shape index (κ1) is 14.5. The molecular weight excluding hydrogens is 242 g/mol. The van der Waals surface area contributed by atoms with Crippen LogP contribution in [0.2, 0.25) is 0 Å². The lowest BCUT2D eigenvalue weighted by atomic mass is 10.1. The molecule has 1 aromatic rings. The van der Waals surface area contributed by atoms with Crippen LogP contribution in [0.1, 0.15) is 11.1 Å². The van der Waals surface area contributed by atoms with Crippen molar-refractivity contribution in [3.63, 3.8) is 0 Å². The summed E-state index contributed by atoms with van der Waals surface area (Å²) in [5.74, 6) is 3.25. The summed E-state index contributed by atoms with van der Waals surface area (Å²) in [6.07, 6.45) is 7.29. The number of nitrogens with zero attached hydrogens (tertiary/aromatic N) is 1. The highest BCUT2D eigenvalue weighted by Crippen LogP contribution is 2.21. The molecule has 0 atom stereocenters. The fourth-order valence-corrected chi connectivity index (χ4v) is 2.24. The molecule has 0 heterocycles. The van der Waals surface area contributed by atoms with Crippen molar-refractivity contribution in [1.29, 1.82) is 0 Å². The highest BCUT2D eigenvalue weighted by Gasteiger charge is 2.03. The zero-order valence-electron chi connectivity index (χ0n) is 11.1. The van der Waals surface area contributed by atoms with Gasteiger partial charge in [0.15, 0.2) is 5.96 Å². The van der Waals surface area contributed by atoms with Crippen molar-refractivity contribution in [2.24, 2.45) is 4.99 Å². The van der Waals surface area contributed by atoms with Crippen LogP contribution in [0.5, 0.6) is 0 Å². The van der Waals surface area contributed by atoms with Gasteiger partial charge in [-0.2, -0.15) is 0 Å². The maximum Gasteiger partial charge on any atom is 0.192 e. The van der Waals surface area contributed by atoms with E-state index in [0.29, 0.717) is 6.54 Å². The zero-order chi connectivity index (χ0) is 13.4. The van der Waals surface area contributed by atoms with Gasteiger partial charge in [0.2, 0.25) is 0 Å². The van der Waals surface area contributed by atoms with E-state index in [1.165, 1.54) is 16.0 Å². The molecule has 0 unspecified atom stereocenters. The van der Waals surface area contributed by atoms with Gasteiger partial charge in [0.25, 0.3) is 0 Å². The topological polar surface area (TPSA) is 36.4 Å². The number of hydrogen-bond donors (Lipinski definition) is 2. The quantitative estimate of drug-likeness (QED) is 0.377. The van der Waals surface area contributed by atoms with Crippen LogP contribution in [0.15, 0.2) is 28.1 Å². The summed E-state index contributed by atoms with van der Waals surface area (Å²) < 4.78 is 0. The van der Waals surface area contributed by atoms with Crippen molar-refractivity contribution in [2.75, 3.05) is 19.8 Å². The summed E-state index contributed by atoms with van der Waals surface area (Å²) in [6.45, 7) is 3.31. The predicted octanol–water partition coefficient (Wildman–Crippen LogP) is 2.02. The van der Waals surface area contributed by atoms with E-state index >= 15 is 0 Å². The molecule has 0 amide bonds. The highest BCUT2D eigenvalue weighted by molar-refractivity contribution is 7.98. The second-order valence-corrected chi connectivity index (χ2v) is 4.65. The van der Waals surface area contributed by atoms with Crippen LogP contribution in [0.4, 0.5) is 0 Å². The Morgan fingerprint density at radius 2 is 2.22 bits per heavy atom. The van der Waals surface area contributed by atoms with Crippen molar-refractivity contribution in [3.8, 4) is 12.3 Å². The van der Waals surface area contributed by atoms with Gasteiger partial charge in [-0.3, -0.25) is 4.99 Å². The van der Waals surface area contributed by atoms with Crippen molar-refractivity contribution in [3.05, 3.63) is 29.3 Å². The maximum absolute atomic E-state index is 5.20. The van der Waals surface area contributed by atoms with Gasteiger partial charge in [0.05, 0.1) is 6.54 Å². The Labute approximate surface area is 113 Å². The number of benzene rings is 1. The summed E-state index contributed by atoms with van der Waals surface area (Å²) >= 11 is 1.75. The molecule has 1 aromatic carbocycles. The minimum absolute atomic E-state index is 0.475. The van der Waals surface area contributed by atoms with E-state index in [2.05, 4.69) is 52.9 Å². The van der Waals surface area contributed by atoms with Gasteiger partial charge >= 0.3 is 0 Å². The average Bonchev–Trinajstić information content (AvgIpc) is 2.40. The van der Waals surface area contributed by atoms with E-state index in [0.717, 1.165) is 12.5 Å². The molecule has 3 nitrogen and oxygen atoms in total. The first-order valence-corrected chi connectivity index (χ1v) is 6.95. The normalized spacial score (nSPS) is 10.9. The molecule has 0 aromatic heterocycles.